The molecule has 1 N–H and O–H groups in total. The standard InChI is InChI=1S/C14H18BrNO2S2/c1-14(2,20(4,17)18)13(16-3)10-8-19-12-9(10)6-5-7-11(12)15/h5-8,13,16H,1-4H3. The van der Waals surface area contributed by atoms with E-state index in [1.807, 2.05) is 23.6 Å². The Bertz CT molecular complexity index is 735. The van der Waals surface area contributed by atoms with Gasteiger partial charge in [-0.25, -0.2) is 8.42 Å². The summed E-state index contributed by atoms with van der Waals surface area (Å²) in [7, 11) is -1.38. The Morgan fingerprint density at radius 2 is 2.00 bits per heavy atom. The van der Waals surface area contributed by atoms with Gasteiger partial charge in [-0.3, -0.25) is 0 Å². The van der Waals surface area contributed by atoms with E-state index in [4.69, 9.17) is 0 Å². The van der Waals surface area contributed by atoms with Crippen molar-refractivity contribution in [3.63, 3.8) is 0 Å². The number of hydrogen-bond donors (Lipinski definition) is 1. The van der Waals surface area contributed by atoms with Gasteiger partial charge in [-0.15, -0.1) is 11.3 Å². The molecule has 110 valence electrons. The molecule has 0 spiro atoms. The first-order chi connectivity index (χ1) is 9.20. The Morgan fingerprint density at radius 1 is 1.35 bits per heavy atom. The Kier molecular flexibility index (Phi) is 4.31. The van der Waals surface area contributed by atoms with Gasteiger partial charge in [-0.1, -0.05) is 12.1 Å². The van der Waals surface area contributed by atoms with Crippen molar-refractivity contribution in [3.05, 3.63) is 33.6 Å². The molecule has 1 heterocycles. The van der Waals surface area contributed by atoms with Gasteiger partial charge in [-0.05, 0) is 59.2 Å². The van der Waals surface area contributed by atoms with Crippen LogP contribution in [0.15, 0.2) is 28.1 Å². The van der Waals surface area contributed by atoms with Crippen LogP contribution in [0.3, 0.4) is 0 Å². The molecule has 1 aromatic carbocycles. The van der Waals surface area contributed by atoms with Crippen LogP contribution in [0.2, 0.25) is 0 Å². The van der Waals surface area contributed by atoms with Crippen LogP contribution in [0.1, 0.15) is 25.5 Å². The Morgan fingerprint density at radius 3 is 2.55 bits per heavy atom. The fraction of sp³-hybridized carbons (Fsp3) is 0.429. The first-order valence-electron chi connectivity index (χ1n) is 6.22. The van der Waals surface area contributed by atoms with Gasteiger partial charge in [0.2, 0.25) is 0 Å². The van der Waals surface area contributed by atoms with Crippen molar-refractivity contribution in [2.24, 2.45) is 0 Å². The van der Waals surface area contributed by atoms with Crippen molar-refractivity contribution in [2.45, 2.75) is 24.6 Å². The van der Waals surface area contributed by atoms with Crippen LogP contribution in [0.4, 0.5) is 0 Å². The largest absolute Gasteiger partial charge is 0.312 e. The van der Waals surface area contributed by atoms with Gasteiger partial charge in [0.25, 0.3) is 0 Å². The van der Waals surface area contributed by atoms with Gasteiger partial charge in [0.05, 0.1) is 10.8 Å². The first-order valence-corrected chi connectivity index (χ1v) is 9.79. The normalized spacial score (nSPS) is 14.7. The molecular weight excluding hydrogens is 358 g/mol. The van der Waals surface area contributed by atoms with Crippen molar-refractivity contribution >= 4 is 47.2 Å². The summed E-state index contributed by atoms with van der Waals surface area (Å²) < 4.78 is 25.5. The molecule has 1 unspecified atom stereocenters. The maximum Gasteiger partial charge on any atom is 0.154 e. The fourth-order valence-corrected chi connectivity index (χ4v) is 4.68. The Balaban J connectivity index is 2.65. The number of halogens is 1. The summed E-state index contributed by atoms with van der Waals surface area (Å²) >= 11 is 5.17. The monoisotopic (exact) mass is 375 g/mol. The second kappa shape index (κ2) is 5.40. The SMILES string of the molecule is CNC(c1csc2c(Br)cccc12)C(C)(C)S(C)(=O)=O. The number of nitrogens with one attached hydrogen (secondary N) is 1. The van der Waals surface area contributed by atoms with Gasteiger partial charge in [0.1, 0.15) is 0 Å². The summed E-state index contributed by atoms with van der Waals surface area (Å²) in [5.41, 5.74) is 1.03. The highest BCUT2D eigenvalue weighted by atomic mass is 79.9. The van der Waals surface area contributed by atoms with Gasteiger partial charge < -0.3 is 5.32 Å². The van der Waals surface area contributed by atoms with E-state index < -0.39 is 14.6 Å². The molecule has 0 bridgehead atoms. The van der Waals surface area contributed by atoms with E-state index in [0.717, 1.165) is 20.1 Å². The molecule has 20 heavy (non-hydrogen) atoms. The molecule has 2 aromatic rings. The minimum Gasteiger partial charge on any atom is -0.312 e. The highest BCUT2D eigenvalue weighted by molar-refractivity contribution is 9.10. The molecule has 1 aromatic heterocycles. The zero-order valence-corrected chi connectivity index (χ0v) is 15.1. The van der Waals surface area contributed by atoms with E-state index in [-0.39, 0.29) is 6.04 Å². The highest BCUT2D eigenvalue weighted by Gasteiger charge is 2.40. The molecule has 6 heteroatoms. The molecule has 0 saturated heterocycles. The van der Waals surface area contributed by atoms with Crippen LogP contribution in [-0.4, -0.2) is 26.5 Å². The average Bonchev–Trinajstić information content (AvgIpc) is 2.74. The lowest BCUT2D eigenvalue weighted by Gasteiger charge is -2.32. The first kappa shape index (κ1) is 15.9. The van der Waals surface area contributed by atoms with Crippen LogP contribution < -0.4 is 5.32 Å². The lowest BCUT2D eigenvalue weighted by atomic mass is 9.95. The lowest BCUT2D eigenvalue weighted by molar-refractivity contribution is 0.449. The quantitative estimate of drug-likeness (QED) is 0.884. The minimum absolute atomic E-state index is 0.249. The predicted molar refractivity (Wildman–Crippen MR) is 90.2 cm³/mol. The Labute approximate surface area is 132 Å². The molecule has 3 nitrogen and oxygen atoms in total. The van der Waals surface area contributed by atoms with Gasteiger partial charge in [-0.2, -0.15) is 0 Å². The molecule has 2 rings (SSSR count). The molecule has 1 atom stereocenters. The van der Waals surface area contributed by atoms with E-state index in [2.05, 4.69) is 21.2 Å². The number of thiophene rings is 1. The van der Waals surface area contributed by atoms with Crippen LogP contribution >= 0.6 is 27.3 Å². The summed E-state index contributed by atoms with van der Waals surface area (Å²) in [6.07, 6.45) is 1.29. The molecule has 0 amide bonds. The summed E-state index contributed by atoms with van der Waals surface area (Å²) in [5.74, 6) is 0. The smallest absolute Gasteiger partial charge is 0.154 e. The van der Waals surface area contributed by atoms with Crippen LogP contribution in [0, 0.1) is 0 Å². The maximum absolute atomic E-state index is 12.1. The third-order valence-corrected chi connectivity index (χ3v) is 7.95. The number of sulfone groups is 1. The van der Waals surface area contributed by atoms with E-state index in [0.29, 0.717) is 0 Å². The molecular formula is C14H18BrNO2S2. The molecule has 0 saturated carbocycles. The molecule has 0 fully saturated rings. The summed E-state index contributed by atoms with van der Waals surface area (Å²) in [5, 5.41) is 6.32. The summed E-state index contributed by atoms with van der Waals surface area (Å²) in [4.78, 5) is 0. The van der Waals surface area contributed by atoms with Crippen LogP contribution in [-0.2, 0) is 9.84 Å². The molecule has 0 aliphatic rings. The fourth-order valence-electron chi connectivity index (χ4n) is 2.36. The van der Waals surface area contributed by atoms with Gasteiger partial charge in [0.15, 0.2) is 9.84 Å². The summed E-state index contributed by atoms with van der Waals surface area (Å²) in [6, 6.07) is 5.76. The van der Waals surface area contributed by atoms with E-state index in [1.165, 1.54) is 6.26 Å². The Hall–Kier alpha value is -0.430. The number of hydrogen-bond acceptors (Lipinski definition) is 4. The highest BCUT2D eigenvalue weighted by Crippen LogP contribution is 2.40. The van der Waals surface area contributed by atoms with Crippen molar-refractivity contribution in [2.75, 3.05) is 13.3 Å². The zero-order chi connectivity index (χ0) is 15.1. The van der Waals surface area contributed by atoms with E-state index >= 15 is 0 Å². The molecule has 0 radical (unpaired) electrons. The number of rotatable bonds is 4. The topological polar surface area (TPSA) is 46.2 Å². The van der Waals surface area contributed by atoms with E-state index in [9.17, 15) is 8.42 Å². The van der Waals surface area contributed by atoms with Crippen LogP contribution in [0.5, 0.6) is 0 Å². The third kappa shape index (κ3) is 2.54. The van der Waals surface area contributed by atoms with Gasteiger partial charge >= 0.3 is 0 Å². The summed E-state index contributed by atoms with van der Waals surface area (Å²) in [6.45, 7) is 3.54. The van der Waals surface area contributed by atoms with Gasteiger partial charge in [0, 0.05) is 15.4 Å². The number of benzene rings is 1. The second-order valence-electron chi connectivity index (χ2n) is 5.40. The maximum atomic E-state index is 12.1. The molecule has 0 aliphatic heterocycles. The lowest BCUT2D eigenvalue weighted by Crippen LogP contribution is -2.43. The van der Waals surface area contributed by atoms with E-state index in [1.54, 1.807) is 32.2 Å². The average molecular weight is 376 g/mol. The minimum atomic E-state index is -3.19. The third-order valence-electron chi connectivity index (χ3n) is 3.83. The zero-order valence-electron chi connectivity index (χ0n) is 11.9. The van der Waals surface area contributed by atoms with Crippen molar-refractivity contribution in [1.82, 2.24) is 5.32 Å². The van der Waals surface area contributed by atoms with Crippen LogP contribution in [0.25, 0.3) is 10.1 Å². The van der Waals surface area contributed by atoms with Crippen molar-refractivity contribution in [1.29, 1.82) is 0 Å². The second-order valence-corrected chi connectivity index (χ2v) is 9.74. The van der Waals surface area contributed by atoms with Crippen molar-refractivity contribution < 1.29 is 8.42 Å². The molecule has 0 aliphatic carbocycles. The number of fused-ring (bicyclic) bond motifs is 1. The van der Waals surface area contributed by atoms with Crippen molar-refractivity contribution in [3.8, 4) is 0 Å². The predicted octanol–water partition coefficient (Wildman–Crippen LogP) is 3.75.